The number of carboxylic acids is 1. The number of hydrogen-bond acceptors (Lipinski definition) is 2. The highest BCUT2D eigenvalue weighted by molar-refractivity contribution is 5.89. The van der Waals surface area contributed by atoms with Gasteiger partial charge in [-0.05, 0) is 35.9 Å². The van der Waals surface area contributed by atoms with Crippen LogP contribution >= 0.6 is 0 Å². The lowest BCUT2D eigenvalue weighted by atomic mass is 10.1. The molecule has 0 saturated heterocycles. The van der Waals surface area contributed by atoms with Crippen LogP contribution in [0.3, 0.4) is 0 Å². The van der Waals surface area contributed by atoms with Crippen molar-refractivity contribution in [2.24, 2.45) is 0 Å². The predicted molar refractivity (Wildman–Crippen MR) is 58.5 cm³/mol. The van der Waals surface area contributed by atoms with Gasteiger partial charge in [0, 0.05) is 5.69 Å². The molecule has 2 rings (SSSR count). The monoisotopic (exact) mass is 233 g/mol. The van der Waals surface area contributed by atoms with Crippen LogP contribution in [0.4, 0.5) is 4.39 Å². The zero-order chi connectivity index (χ0) is 12.4. The molecule has 0 radical (unpaired) electrons. The van der Waals surface area contributed by atoms with E-state index in [1.165, 1.54) is 12.1 Å². The third-order valence-corrected chi connectivity index (χ3v) is 2.34. The third kappa shape index (κ3) is 2.08. The van der Waals surface area contributed by atoms with Gasteiger partial charge in [0.15, 0.2) is 6.29 Å². The minimum absolute atomic E-state index is 0.376. The van der Waals surface area contributed by atoms with Crippen molar-refractivity contribution in [2.45, 2.75) is 0 Å². The number of carboxylic acid groups (broad SMARTS) is 1. The predicted octanol–water partition coefficient (Wildman–Crippen LogP) is 2.33. The number of carbonyl (C=O) groups excluding carboxylic acids is 1. The van der Waals surface area contributed by atoms with E-state index in [1.807, 2.05) is 0 Å². The molecule has 0 fully saturated rings. The number of nitrogens with one attached hydrogen (secondary N) is 1. The number of aromatic nitrogens is 1. The lowest BCUT2D eigenvalue weighted by Crippen LogP contribution is -2.00. The van der Waals surface area contributed by atoms with Crippen molar-refractivity contribution < 1.29 is 19.1 Å². The molecule has 0 atom stereocenters. The normalized spacial score (nSPS) is 10.2. The Morgan fingerprint density at radius 1 is 1.29 bits per heavy atom. The van der Waals surface area contributed by atoms with Gasteiger partial charge in [-0.15, -0.1) is 0 Å². The molecule has 0 amide bonds. The van der Waals surface area contributed by atoms with Crippen LogP contribution in [0.15, 0.2) is 30.3 Å². The highest BCUT2D eigenvalue weighted by Gasteiger charge is 2.12. The van der Waals surface area contributed by atoms with Crippen LogP contribution in [0.2, 0.25) is 0 Å². The first-order valence-electron chi connectivity index (χ1n) is 4.79. The average molecular weight is 233 g/mol. The smallest absolute Gasteiger partial charge is 0.338 e. The van der Waals surface area contributed by atoms with Crippen molar-refractivity contribution in [1.82, 2.24) is 4.98 Å². The van der Waals surface area contributed by atoms with Gasteiger partial charge in [0.2, 0.25) is 0 Å². The molecule has 5 heteroatoms. The maximum absolute atomic E-state index is 13.2. The number of aldehydes is 1. The first-order valence-corrected chi connectivity index (χ1v) is 4.79. The molecule has 0 bridgehead atoms. The molecular weight excluding hydrogens is 225 g/mol. The summed E-state index contributed by atoms with van der Waals surface area (Å²) in [5.74, 6) is -2.12. The Morgan fingerprint density at radius 3 is 2.65 bits per heavy atom. The molecule has 0 spiro atoms. The van der Waals surface area contributed by atoms with Gasteiger partial charge in [-0.25, -0.2) is 9.18 Å². The number of H-pyrrole nitrogens is 1. The van der Waals surface area contributed by atoms with Gasteiger partial charge in [0.05, 0.1) is 11.3 Å². The van der Waals surface area contributed by atoms with Crippen molar-refractivity contribution in [3.8, 4) is 11.3 Å². The minimum atomic E-state index is -1.33. The summed E-state index contributed by atoms with van der Waals surface area (Å²) in [6.07, 6.45) is 0.644. The van der Waals surface area contributed by atoms with Crippen LogP contribution < -0.4 is 0 Å². The Labute approximate surface area is 95.7 Å². The molecule has 1 aromatic heterocycles. The summed E-state index contributed by atoms with van der Waals surface area (Å²) in [7, 11) is 0. The van der Waals surface area contributed by atoms with E-state index in [0.717, 1.165) is 6.07 Å². The number of benzene rings is 1. The fraction of sp³-hybridized carbons (Fsp3) is 0. The lowest BCUT2D eigenvalue weighted by Gasteiger charge is -2.01. The third-order valence-electron chi connectivity index (χ3n) is 2.34. The van der Waals surface area contributed by atoms with Crippen LogP contribution in [0.1, 0.15) is 20.8 Å². The van der Waals surface area contributed by atoms with Crippen molar-refractivity contribution in [3.05, 3.63) is 47.4 Å². The highest BCUT2D eigenvalue weighted by Crippen LogP contribution is 2.21. The van der Waals surface area contributed by atoms with Crippen LogP contribution in [0.5, 0.6) is 0 Å². The fourth-order valence-corrected chi connectivity index (χ4v) is 1.51. The fourth-order valence-electron chi connectivity index (χ4n) is 1.51. The first kappa shape index (κ1) is 11.1. The summed E-state index contributed by atoms with van der Waals surface area (Å²) < 4.78 is 13.2. The second-order valence-electron chi connectivity index (χ2n) is 3.44. The lowest BCUT2D eigenvalue weighted by molar-refractivity contribution is 0.0692. The Morgan fingerprint density at radius 2 is 2.06 bits per heavy atom. The Hall–Kier alpha value is -2.43. The van der Waals surface area contributed by atoms with E-state index < -0.39 is 17.3 Å². The van der Waals surface area contributed by atoms with Gasteiger partial charge < -0.3 is 10.1 Å². The number of hydrogen-bond donors (Lipinski definition) is 2. The molecular formula is C12H8FNO3. The zero-order valence-electron chi connectivity index (χ0n) is 8.61. The molecule has 0 aliphatic rings. The molecule has 4 nitrogen and oxygen atoms in total. The quantitative estimate of drug-likeness (QED) is 0.799. The average Bonchev–Trinajstić information content (AvgIpc) is 2.78. The molecule has 1 heterocycles. The molecule has 0 aliphatic heterocycles. The van der Waals surface area contributed by atoms with Gasteiger partial charge in [-0.2, -0.15) is 0 Å². The van der Waals surface area contributed by atoms with Crippen molar-refractivity contribution in [2.75, 3.05) is 0 Å². The summed E-state index contributed by atoms with van der Waals surface area (Å²) in [6.45, 7) is 0. The largest absolute Gasteiger partial charge is 0.478 e. The van der Waals surface area contributed by atoms with E-state index >= 15 is 0 Å². The van der Waals surface area contributed by atoms with E-state index in [2.05, 4.69) is 4.98 Å². The van der Waals surface area contributed by atoms with Gasteiger partial charge in [-0.1, -0.05) is 0 Å². The topological polar surface area (TPSA) is 70.2 Å². The summed E-state index contributed by atoms with van der Waals surface area (Å²) in [5.41, 5.74) is 1.05. The zero-order valence-corrected chi connectivity index (χ0v) is 8.61. The van der Waals surface area contributed by atoms with E-state index in [0.29, 0.717) is 23.2 Å². The number of aromatic amines is 1. The van der Waals surface area contributed by atoms with Crippen LogP contribution in [-0.2, 0) is 0 Å². The standard InChI is InChI=1S/C12H8FNO3/c13-10-3-1-7(5-9(10)12(16)17)11-4-2-8(6-15)14-11/h1-6,14H,(H,16,17). The highest BCUT2D eigenvalue weighted by atomic mass is 19.1. The maximum Gasteiger partial charge on any atom is 0.338 e. The van der Waals surface area contributed by atoms with Crippen molar-refractivity contribution in [3.63, 3.8) is 0 Å². The van der Waals surface area contributed by atoms with E-state index in [4.69, 9.17) is 5.11 Å². The van der Waals surface area contributed by atoms with Gasteiger partial charge in [0.25, 0.3) is 0 Å². The molecule has 1 aromatic carbocycles. The molecule has 0 unspecified atom stereocenters. The molecule has 86 valence electrons. The number of aromatic carboxylic acids is 1. The molecule has 0 saturated carbocycles. The van der Waals surface area contributed by atoms with Crippen LogP contribution in [0, 0.1) is 5.82 Å². The minimum Gasteiger partial charge on any atom is -0.478 e. The van der Waals surface area contributed by atoms with Crippen LogP contribution in [0.25, 0.3) is 11.3 Å². The van der Waals surface area contributed by atoms with Crippen molar-refractivity contribution >= 4 is 12.3 Å². The van der Waals surface area contributed by atoms with E-state index in [-0.39, 0.29) is 0 Å². The Bertz CT molecular complexity index is 589. The SMILES string of the molecule is O=Cc1ccc(-c2ccc(F)c(C(=O)O)c2)[nH]1. The molecule has 2 N–H and O–H groups in total. The van der Waals surface area contributed by atoms with Crippen molar-refractivity contribution in [1.29, 1.82) is 0 Å². The Balaban J connectivity index is 2.49. The van der Waals surface area contributed by atoms with E-state index in [1.54, 1.807) is 12.1 Å². The Kier molecular flexibility index (Phi) is 2.74. The molecule has 17 heavy (non-hydrogen) atoms. The molecule has 0 aliphatic carbocycles. The second-order valence-corrected chi connectivity index (χ2v) is 3.44. The van der Waals surface area contributed by atoms with Gasteiger partial charge in [-0.3, -0.25) is 4.79 Å². The summed E-state index contributed by atoms with van der Waals surface area (Å²) in [6, 6.07) is 6.94. The van der Waals surface area contributed by atoms with E-state index in [9.17, 15) is 14.0 Å². The van der Waals surface area contributed by atoms with Gasteiger partial charge in [0.1, 0.15) is 5.82 Å². The number of carbonyl (C=O) groups is 2. The summed E-state index contributed by atoms with van der Waals surface area (Å²) >= 11 is 0. The number of halogens is 1. The summed E-state index contributed by atoms with van der Waals surface area (Å²) in [5, 5.41) is 8.78. The second kappa shape index (κ2) is 4.21. The van der Waals surface area contributed by atoms with Gasteiger partial charge >= 0.3 is 5.97 Å². The number of rotatable bonds is 3. The molecule has 2 aromatic rings. The first-order chi connectivity index (χ1) is 8.11. The summed E-state index contributed by atoms with van der Waals surface area (Å²) in [4.78, 5) is 24.0. The maximum atomic E-state index is 13.2. The van der Waals surface area contributed by atoms with Crippen LogP contribution in [-0.4, -0.2) is 22.3 Å².